The molecule has 1 nitrogen and oxygen atoms in total. The highest BCUT2D eigenvalue weighted by atomic mass is 16.5. The Morgan fingerprint density at radius 3 is 2.47 bits per heavy atom. The fourth-order valence-electron chi connectivity index (χ4n) is 3.39. The second kappa shape index (κ2) is 7.71. The van der Waals surface area contributed by atoms with Gasteiger partial charge in [0.2, 0.25) is 0 Å². The molecule has 2 heteroatoms. The molecule has 19 heavy (non-hydrogen) atoms. The minimum absolute atomic E-state index is 0.0636. The average molecular weight is 264 g/mol. The van der Waals surface area contributed by atoms with Crippen LogP contribution in [0.15, 0.2) is 0 Å². The van der Waals surface area contributed by atoms with Gasteiger partial charge in [-0.3, -0.25) is 0 Å². The van der Waals surface area contributed by atoms with Gasteiger partial charge in [0.15, 0.2) is 0 Å². The first-order chi connectivity index (χ1) is 8.81. The Hall–Kier alpha value is 0.0249. The van der Waals surface area contributed by atoms with Crippen LogP contribution in [-0.2, 0) is 4.74 Å². The quantitative estimate of drug-likeness (QED) is 0.597. The van der Waals surface area contributed by atoms with Gasteiger partial charge in [0, 0.05) is 13.2 Å². The second-order valence-electron chi connectivity index (χ2n) is 7.72. The van der Waals surface area contributed by atoms with E-state index < -0.39 is 0 Å². The van der Waals surface area contributed by atoms with Crippen molar-refractivity contribution in [1.82, 2.24) is 0 Å². The van der Waals surface area contributed by atoms with Crippen molar-refractivity contribution in [3.05, 3.63) is 0 Å². The van der Waals surface area contributed by atoms with Gasteiger partial charge in [0.1, 0.15) is 0 Å². The molecule has 0 spiro atoms. The van der Waals surface area contributed by atoms with E-state index in [4.69, 9.17) is 12.6 Å². The molecule has 0 amide bonds. The van der Waals surface area contributed by atoms with Crippen LogP contribution in [0.25, 0.3) is 0 Å². The predicted molar refractivity (Wildman–Crippen MR) is 84.7 cm³/mol. The summed E-state index contributed by atoms with van der Waals surface area (Å²) < 4.78 is 5.69. The van der Waals surface area contributed by atoms with Crippen molar-refractivity contribution >= 4 is 7.85 Å². The summed E-state index contributed by atoms with van der Waals surface area (Å²) >= 11 is 0. The van der Waals surface area contributed by atoms with Gasteiger partial charge in [-0.2, -0.15) is 0 Å². The molecule has 4 unspecified atom stereocenters. The van der Waals surface area contributed by atoms with Gasteiger partial charge in [0.25, 0.3) is 0 Å². The molecule has 0 bridgehead atoms. The van der Waals surface area contributed by atoms with E-state index in [9.17, 15) is 0 Å². The Morgan fingerprint density at radius 2 is 1.89 bits per heavy atom. The number of hydrogen-bond acceptors (Lipinski definition) is 1. The first-order valence-corrected chi connectivity index (χ1v) is 8.18. The van der Waals surface area contributed by atoms with Gasteiger partial charge in [0.05, 0.1) is 7.85 Å². The van der Waals surface area contributed by atoms with Gasteiger partial charge in [-0.25, -0.2) is 0 Å². The molecule has 0 saturated carbocycles. The topological polar surface area (TPSA) is 9.23 Å². The van der Waals surface area contributed by atoms with Crippen LogP contribution in [0.3, 0.4) is 0 Å². The van der Waals surface area contributed by atoms with E-state index in [0.717, 1.165) is 31.5 Å². The average Bonchev–Trinajstić information content (AvgIpc) is 2.27. The first-order valence-electron chi connectivity index (χ1n) is 8.18. The van der Waals surface area contributed by atoms with Crippen LogP contribution in [0.2, 0.25) is 5.31 Å². The van der Waals surface area contributed by atoms with Crippen molar-refractivity contribution in [1.29, 1.82) is 0 Å². The molecule has 1 heterocycles. The molecule has 4 atom stereocenters. The smallest absolute Gasteiger partial charge is 0.0747 e. The summed E-state index contributed by atoms with van der Waals surface area (Å²) in [6.07, 6.45) is 6.35. The Balaban J connectivity index is 2.35. The minimum Gasteiger partial charge on any atom is -0.381 e. The zero-order chi connectivity index (χ0) is 14.5. The van der Waals surface area contributed by atoms with Crippen LogP contribution < -0.4 is 0 Å². The number of ether oxygens (including phenoxy) is 1. The Morgan fingerprint density at radius 1 is 1.21 bits per heavy atom. The van der Waals surface area contributed by atoms with E-state index in [2.05, 4.69) is 34.6 Å². The highest BCUT2D eigenvalue weighted by molar-refractivity contribution is 6.15. The molecule has 0 aliphatic carbocycles. The van der Waals surface area contributed by atoms with Gasteiger partial charge >= 0.3 is 0 Å². The Labute approximate surface area is 122 Å². The lowest BCUT2D eigenvalue weighted by Crippen LogP contribution is -2.33. The summed E-state index contributed by atoms with van der Waals surface area (Å²) in [5, 5.41) is -0.0636. The molecular weight excluding hydrogens is 231 g/mol. The molecule has 1 aliphatic heterocycles. The lowest BCUT2D eigenvalue weighted by Gasteiger charge is -2.41. The summed E-state index contributed by atoms with van der Waals surface area (Å²) in [5.41, 5.74) is 0. The third-order valence-electron chi connectivity index (χ3n) is 4.61. The molecule has 0 N–H and O–H groups in total. The van der Waals surface area contributed by atoms with Gasteiger partial charge in [-0.1, -0.05) is 65.6 Å². The van der Waals surface area contributed by atoms with Crippen molar-refractivity contribution in [2.45, 2.75) is 72.0 Å². The zero-order valence-corrected chi connectivity index (χ0v) is 13.7. The van der Waals surface area contributed by atoms with E-state index in [1.165, 1.54) is 25.7 Å². The third-order valence-corrected chi connectivity index (χ3v) is 4.61. The summed E-state index contributed by atoms with van der Waals surface area (Å²) in [6, 6.07) is 0. The molecule has 1 rings (SSSR count). The van der Waals surface area contributed by atoms with Crippen molar-refractivity contribution < 1.29 is 4.74 Å². The minimum atomic E-state index is -0.0636. The van der Waals surface area contributed by atoms with Gasteiger partial charge in [-0.15, -0.1) is 0 Å². The fourth-order valence-corrected chi connectivity index (χ4v) is 3.39. The van der Waals surface area contributed by atoms with E-state index in [-0.39, 0.29) is 5.31 Å². The summed E-state index contributed by atoms with van der Waals surface area (Å²) in [7, 11) is 6.61. The molecule has 0 aromatic carbocycles. The van der Waals surface area contributed by atoms with Crippen molar-refractivity contribution in [2.75, 3.05) is 13.2 Å². The van der Waals surface area contributed by atoms with Crippen LogP contribution >= 0.6 is 0 Å². The standard InChI is InChI=1S/C17H33BO/c1-13(2)7-6-8-14(3)10-17(5,18)16-9-15(4)11-19-12-16/h13-16H,6-12H2,1-5H3. The highest BCUT2D eigenvalue weighted by Gasteiger charge is 2.33. The van der Waals surface area contributed by atoms with Crippen LogP contribution in [0.5, 0.6) is 0 Å². The molecule has 2 radical (unpaired) electrons. The monoisotopic (exact) mass is 264 g/mol. The molecule has 1 aliphatic rings. The third kappa shape index (κ3) is 6.34. The van der Waals surface area contributed by atoms with Gasteiger partial charge < -0.3 is 4.74 Å². The second-order valence-corrected chi connectivity index (χ2v) is 7.72. The first kappa shape index (κ1) is 17.1. The summed E-state index contributed by atoms with van der Waals surface area (Å²) in [4.78, 5) is 0. The predicted octanol–water partition coefficient (Wildman–Crippen LogP) is 4.86. The molecular formula is C17H33BO. The maximum absolute atomic E-state index is 6.61. The summed E-state index contributed by atoms with van der Waals surface area (Å²) in [5.74, 6) is 2.75. The van der Waals surface area contributed by atoms with Crippen molar-refractivity contribution in [2.24, 2.45) is 23.7 Å². The van der Waals surface area contributed by atoms with Crippen LogP contribution in [0, 0.1) is 23.7 Å². The Bertz CT molecular complexity index is 250. The number of rotatable bonds is 7. The zero-order valence-electron chi connectivity index (χ0n) is 13.7. The van der Waals surface area contributed by atoms with E-state index in [1.807, 2.05) is 0 Å². The fraction of sp³-hybridized carbons (Fsp3) is 1.00. The van der Waals surface area contributed by atoms with Crippen molar-refractivity contribution in [3.63, 3.8) is 0 Å². The maximum atomic E-state index is 6.61. The lowest BCUT2D eigenvalue weighted by molar-refractivity contribution is 0.00291. The van der Waals surface area contributed by atoms with Gasteiger partial charge in [-0.05, 0) is 30.1 Å². The van der Waals surface area contributed by atoms with Crippen molar-refractivity contribution in [3.8, 4) is 0 Å². The normalized spacial score (nSPS) is 29.2. The molecule has 1 fully saturated rings. The largest absolute Gasteiger partial charge is 0.381 e. The molecule has 1 saturated heterocycles. The van der Waals surface area contributed by atoms with E-state index in [0.29, 0.717) is 11.8 Å². The van der Waals surface area contributed by atoms with Crippen LogP contribution in [0.4, 0.5) is 0 Å². The highest BCUT2D eigenvalue weighted by Crippen LogP contribution is 2.44. The lowest BCUT2D eigenvalue weighted by atomic mass is 9.56. The molecule has 0 aromatic heterocycles. The van der Waals surface area contributed by atoms with E-state index in [1.54, 1.807) is 0 Å². The van der Waals surface area contributed by atoms with E-state index >= 15 is 0 Å². The number of hydrogen-bond donors (Lipinski definition) is 0. The SMILES string of the molecule is [B]C(C)(CC(C)CCCC(C)C)C1COCC(C)C1. The maximum Gasteiger partial charge on any atom is 0.0747 e. The van der Waals surface area contributed by atoms with Crippen LogP contribution in [0.1, 0.15) is 66.7 Å². The molecule has 0 aromatic rings. The molecule has 110 valence electrons. The van der Waals surface area contributed by atoms with Crippen LogP contribution in [-0.4, -0.2) is 21.1 Å². The Kier molecular flexibility index (Phi) is 6.93. The summed E-state index contributed by atoms with van der Waals surface area (Å²) in [6.45, 7) is 13.2.